The summed E-state index contributed by atoms with van der Waals surface area (Å²) in [6.45, 7) is 0. The topological polar surface area (TPSA) is 101 Å². The average Bonchev–Trinajstić information content (AvgIpc) is 3.17. The molecule has 116 valence electrons. The molecule has 1 aromatic carbocycles. The number of benzene rings is 1. The minimum Gasteiger partial charge on any atom is -0.360 e. The van der Waals surface area contributed by atoms with Crippen molar-refractivity contribution < 1.29 is 17.7 Å². The van der Waals surface area contributed by atoms with Crippen LogP contribution in [0.5, 0.6) is 0 Å². The van der Waals surface area contributed by atoms with Crippen molar-refractivity contribution in [1.82, 2.24) is 5.16 Å². The molecule has 0 unspecified atom stereocenters. The number of hydrogen-bond donors (Lipinski definition) is 2. The molecule has 8 heteroatoms. The fourth-order valence-corrected chi connectivity index (χ4v) is 2.55. The van der Waals surface area contributed by atoms with E-state index in [4.69, 9.17) is 4.52 Å². The van der Waals surface area contributed by atoms with E-state index in [1.165, 1.54) is 0 Å². The second-order valence-corrected chi connectivity index (χ2v) is 7.04. The molecule has 2 aromatic rings. The highest BCUT2D eigenvalue weighted by Crippen LogP contribution is 2.40. The van der Waals surface area contributed by atoms with Crippen LogP contribution in [0.3, 0.4) is 0 Å². The van der Waals surface area contributed by atoms with Crippen LogP contribution < -0.4 is 10.0 Å². The van der Waals surface area contributed by atoms with Crippen LogP contribution in [0.1, 0.15) is 35.0 Å². The molecule has 3 rings (SSSR count). The lowest BCUT2D eigenvalue weighted by atomic mass is 10.2. The maximum absolute atomic E-state index is 12.0. The number of carbonyl (C=O) groups excluding carboxylic acids is 1. The summed E-state index contributed by atoms with van der Waals surface area (Å²) >= 11 is 0. The molecule has 1 saturated carbocycles. The Bertz CT molecular complexity index is 792. The standard InChI is InChI=1S/C14H15N3O4S/c1-22(19,20)17-11-6-4-10(5-7-11)15-14(18)12-8-13(21-16-12)9-2-3-9/h4-9,17H,2-3H2,1H3,(H,15,18). The fraction of sp³-hybridized carbons (Fsp3) is 0.286. The Kier molecular flexibility index (Phi) is 3.61. The number of nitrogens with one attached hydrogen (secondary N) is 2. The SMILES string of the molecule is CS(=O)(=O)Nc1ccc(NC(=O)c2cc(C3CC3)on2)cc1. The Morgan fingerprint density at radius 3 is 2.45 bits per heavy atom. The van der Waals surface area contributed by atoms with Crippen molar-refractivity contribution >= 4 is 27.3 Å². The zero-order chi connectivity index (χ0) is 15.7. The summed E-state index contributed by atoms with van der Waals surface area (Å²) in [7, 11) is -3.32. The van der Waals surface area contributed by atoms with E-state index in [1.54, 1.807) is 30.3 Å². The van der Waals surface area contributed by atoms with Gasteiger partial charge >= 0.3 is 0 Å². The van der Waals surface area contributed by atoms with E-state index in [0.29, 0.717) is 17.3 Å². The highest BCUT2D eigenvalue weighted by atomic mass is 32.2. The highest BCUT2D eigenvalue weighted by molar-refractivity contribution is 7.92. The molecular weight excluding hydrogens is 306 g/mol. The molecular formula is C14H15N3O4S. The van der Waals surface area contributed by atoms with Crippen molar-refractivity contribution in [3.8, 4) is 0 Å². The van der Waals surface area contributed by atoms with Gasteiger partial charge in [-0.15, -0.1) is 0 Å². The van der Waals surface area contributed by atoms with E-state index < -0.39 is 10.0 Å². The zero-order valence-electron chi connectivity index (χ0n) is 11.9. The number of anilines is 2. The Balaban J connectivity index is 1.65. The summed E-state index contributed by atoms with van der Waals surface area (Å²) in [5.74, 6) is 0.785. The summed E-state index contributed by atoms with van der Waals surface area (Å²) in [5, 5.41) is 6.44. The molecule has 0 spiro atoms. The smallest absolute Gasteiger partial charge is 0.277 e. The maximum Gasteiger partial charge on any atom is 0.277 e. The molecule has 2 N–H and O–H groups in total. The normalized spacial score (nSPS) is 14.6. The molecule has 0 radical (unpaired) electrons. The molecule has 0 bridgehead atoms. The minimum absolute atomic E-state index is 0.236. The van der Waals surface area contributed by atoms with Gasteiger partial charge in [0.1, 0.15) is 5.76 Å². The van der Waals surface area contributed by atoms with Crippen LogP contribution in [-0.4, -0.2) is 25.7 Å². The summed E-state index contributed by atoms with van der Waals surface area (Å²) in [6, 6.07) is 8.00. The van der Waals surface area contributed by atoms with Crippen molar-refractivity contribution in [2.45, 2.75) is 18.8 Å². The Morgan fingerprint density at radius 1 is 1.23 bits per heavy atom. The number of carbonyl (C=O) groups is 1. The van der Waals surface area contributed by atoms with Gasteiger partial charge in [-0.2, -0.15) is 0 Å². The van der Waals surface area contributed by atoms with Gasteiger partial charge in [-0.05, 0) is 37.1 Å². The van der Waals surface area contributed by atoms with Crippen molar-refractivity contribution in [1.29, 1.82) is 0 Å². The second kappa shape index (κ2) is 5.45. The van der Waals surface area contributed by atoms with Crippen LogP contribution in [0.2, 0.25) is 0 Å². The average molecular weight is 321 g/mol. The first-order valence-corrected chi connectivity index (χ1v) is 8.66. The van der Waals surface area contributed by atoms with E-state index in [9.17, 15) is 13.2 Å². The van der Waals surface area contributed by atoms with Crippen molar-refractivity contribution in [3.05, 3.63) is 41.8 Å². The molecule has 22 heavy (non-hydrogen) atoms. The van der Waals surface area contributed by atoms with Crippen molar-refractivity contribution in [2.75, 3.05) is 16.3 Å². The van der Waals surface area contributed by atoms with Crippen LogP contribution in [0.15, 0.2) is 34.9 Å². The first-order valence-electron chi connectivity index (χ1n) is 6.76. The monoisotopic (exact) mass is 321 g/mol. The predicted molar refractivity (Wildman–Crippen MR) is 81.3 cm³/mol. The lowest BCUT2D eigenvalue weighted by molar-refractivity contribution is 0.101. The van der Waals surface area contributed by atoms with E-state index in [-0.39, 0.29) is 11.6 Å². The molecule has 0 aliphatic heterocycles. The van der Waals surface area contributed by atoms with Gasteiger partial charge in [-0.25, -0.2) is 8.42 Å². The lowest BCUT2D eigenvalue weighted by Gasteiger charge is -2.06. The van der Waals surface area contributed by atoms with E-state index >= 15 is 0 Å². The van der Waals surface area contributed by atoms with Gasteiger partial charge in [0.15, 0.2) is 5.69 Å². The van der Waals surface area contributed by atoms with Crippen LogP contribution in [0.4, 0.5) is 11.4 Å². The second-order valence-electron chi connectivity index (χ2n) is 5.29. The van der Waals surface area contributed by atoms with Crippen LogP contribution >= 0.6 is 0 Å². The van der Waals surface area contributed by atoms with Gasteiger partial charge < -0.3 is 9.84 Å². The van der Waals surface area contributed by atoms with Gasteiger partial charge in [0.05, 0.1) is 6.26 Å². The summed E-state index contributed by atoms with van der Waals surface area (Å²) in [5.41, 5.74) is 1.21. The summed E-state index contributed by atoms with van der Waals surface area (Å²) in [4.78, 5) is 12.0. The van der Waals surface area contributed by atoms with Crippen molar-refractivity contribution in [2.24, 2.45) is 0 Å². The number of rotatable bonds is 5. The number of nitrogens with zero attached hydrogens (tertiary/aromatic N) is 1. The predicted octanol–water partition coefficient (Wildman–Crippen LogP) is 2.18. The number of sulfonamides is 1. The first kappa shape index (κ1) is 14.6. The molecule has 1 fully saturated rings. The molecule has 7 nitrogen and oxygen atoms in total. The van der Waals surface area contributed by atoms with Gasteiger partial charge in [-0.1, -0.05) is 5.16 Å². The van der Waals surface area contributed by atoms with Crippen molar-refractivity contribution in [3.63, 3.8) is 0 Å². The molecule has 1 heterocycles. The maximum atomic E-state index is 12.0. The van der Waals surface area contributed by atoms with E-state index in [1.807, 2.05) is 0 Å². The third kappa shape index (κ3) is 3.64. The minimum atomic E-state index is -3.32. The van der Waals surface area contributed by atoms with Crippen LogP contribution in [0, 0.1) is 0 Å². The molecule has 1 amide bonds. The highest BCUT2D eigenvalue weighted by Gasteiger charge is 2.28. The quantitative estimate of drug-likeness (QED) is 0.879. The number of hydrogen-bond acceptors (Lipinski definition) is 5. The van der Waals surface area contributed by atoms with E-state index in [0.717, 1.165) is 24.9 Å². The number of aromatic nitrogens is 1. The Hall–Kier alpha value is -2.35. The van der Waals surface area contributed by atoms with Crippen LogP contribution in [0.25, 0.3) is 0 Å². The third-order valence-corrected chi connectivity index (χ3v) is 3.79. The van der Waals surface area contributed by atoms with Gasteiger partial charge in [0.2, 0.25) is 10.0 Å². The van der Waals surface area contributed by atoms with Gasteiger partial charge in [0.25, 0.3) is 5.91 Å². The first-order chi connectivity index (χ1) is 10.4. The van der Waals surface area contributed by atoms with Gasteiger partial charge in [0, 0.05) is 23.4 Å². The molecule has 1 aromatic heterocycles. The zero-order valence-corrected chi connectivity index (χ0v) is 12.7. The van der Waals surface area contributed by atoms with Gasteiger partial charge in [-0.3, -0.25) is 9.52 Å². The molecule has 0 saturated heterocycles. The largest absolute Gasteiger partial charge is 0.360 e. The fourth-order valence-electron chi connectivity index (χ4n) is 1.99. The van der Waals surface area contributed by atoms with Crippen LogP contribution in [-0.2, 0) is 10.0 Å². The Morgan fingerprint density at radius 2 is 1.86 bits per heavy atom. The molecule has 1 aliphatic rings. The summed E-state index contributed by atoms with van der Waals surface area (Å²) < 4.78 is 29.7. The molecule has 1 aliphatic carbocycles. The molecule has 0 atom stereocenters. The third-order valence-electron chi connectivity index (χ3n) is 3.19. The van der Waals surface area contributed by atoms with E-state index in [2.05, 4.69) is 15.2 Å². The number of amides is 1. The Labute approximate surface area is 127 Å². The lowest BCUT2D eigenvalue weighted by Crippen LogP contribution is -2.12. The summed E-state index contributed by atoms with van der Waals surface area (Å²) in [6.07, 6.45) is 3.22.